The first-order valence-corrected chi connectivity index (χ1v) is 10.8. The van der Waals surface area contributed by atoms with Crippen molar-refractivity contribution >= 4 is 5.69 Å². The first-order valence-electron chi connectivity index (χ1n) is 10.8. The van der Waals surface area contributed by atoms with Crippen LogP contribution < -0.4 is 14.4 Å². The summed E-state index contributed by atoms with van der Waals surface area (Å²) in [5, 5.41) is 0. The molecule has 30 heavy (non-hydrogen) atoms. The Morgan fingerprint density at radius 1 is 0.967 bits per heavy atom. The van der Waals surface area contributed by atoms with E-state index >= 15 is 0 Å². The number of anilines is 1. The molecule has 1 atom stereocenters. The van der Waals surface area contributed by atoms with E-state index in [9.17, 15) is 4.39 Å². The highest BCUT2D eigenvalue weighted by Crippen LogP contribution is 2.29. The monoisotopic (exact) mass is 413 g/mol. The van der Waals surface area contributed by atoms with E-state index in [1.54, 1.807) is 20.3 Å². The molecule has 0 bridgehead atoms. The molecule has 6 heteroatoms. The SMILES string of the molecule is COc1ccc(F)c(CN2CCCC(N3CCN(c4ccccc4OC)CC3)C2)c1. The van der Waals surface area contributed by atoms with E-state index in [0.717, 1.165) is 57.0 Å². The lowest BCUT2D eigenvalue weighted by molar-refractivity contribution is 0.0880. The van der Waals surface area contributed by atoms with Crippen LogP contribution in [-0.4, -0.2) is 69.3 Å². The highest BCUT2D eigenvalue weighted by molar-refractivity contribution is 5.58. The van der Waals surface area contributed by atoms with Gasteiger partial charge in [0, 0.05) is 50.9 Å². The first-order chi connectivity index (χ1) is 14.7. The van der Waals surface area contributed by atoms with Crippen LogP contribution in [0, 0.1) is 5.82 Å². The lowest BCUT2D eigenvalue weighted by Gasteiger charge is -2.44. The van der Waals surface area contributed by atoms with Gasteiger partial charge in [-0.1, -0.05) is 12.1 Å². The largest absolute Gasteiger partial charge is 0.497 e. The molecule has 1 unspecified atom stereocenters. The minimum absolute atomic E-state index is 0.150. The van der Waals surface area contributed by atoms with E-state index in [0.29, 0.717) is 18.3 Å². The number of rotatable bonds is 6. The number of halogens is 1. The van der Waals surface area contributed by atoms with Crippen LogP contribution >= 0.6 is 0 Å². The van der Waals surface area contributed by atoms with Crippen LogP contribution in [0.15, 0.2) is 42.5 Å². The molecule has 2 aliphatic heterocycles. The van der Waals surface area contributed by atoms with Crippen molar-refractivity contribution in [2.24, 2.45) is 0 Å². The highest BCUT2D eigenvalue weighted by atomic mass is 19.1. The second-order valence-electron chi connectivity index (χ2n) is 8.18. The predicted molar refractivity (Wildman–Crippen MR) is 118 cm³/mol. The number of nitrogens with zero attached hydrogens (tertiary/aromatic N) is 3. The van der Waals surface area contributed by atoms with Gasteiger partial charge in [-0.25, -0.2) is 4.39 Å². The van der Waals surface area contributed by atoms with Crippen molar-refractivity contribution < 1.29 is 13.9 Å². The lowest BCUT2D eigenvalue weighted by atomic mass is 10.0. The van der Waals surface area contributed by atoms with Crippen molar-refractivity contribution in [3.63, 3.8) is 0 Å². The van der Waals surface area contributed by atoms with Crippen molar-refractivity contribution in [1.82, 2.24) is 9.80 Å². The third-order valence-corrected chi connectivity index (χ3v) is 6.38. The van der Waals surface area contributed by atoms with Gasteiger partial charge in [0.15, 0.2) is 0 Å². The number of para-hydroxylation sites is 2. The summed E-state index contributed by atoms with van der Waals surface area (Å²) >= 11 is 0. The zero-order valence-corrected chi connectivity index (χ0v) is 18.0. The van der Waals surface area contributed by atoms with Gasteiger partial charge in [0.2, 0.25) is 0 Å². The molecule has 0 spiro atoms. The Kier molecular flexibility index (Phi) is 6.75. The maximum absolute atomic E-state index is 14.3. The summed E-state index contributed by atoms with van der Waals surface area (Å²) in [5.74, 6) is 1.51. The second kappa shape index (κ2) is 9.67. The zero-order chi connectivity index (χ0) is 20.9. The average molecular weight is 414 g/mol. The van der Waals surface area contributed by atoms with Crippen LogP contribution in [0.2, 0.25) is 0 Å². The molecular weight excluding hydrogens is 381 g/mol. The van der Waals surface area contributed by atoms with E-state index in [2.05, 4.69) is 26.8 Å². The Morgan fingerprint density at radius 3 is 2.53 bits per heavy atom. The summed E-state index contributed by atoms with van der Waals surface area (Å²) < 4.78 is 25.1. The number of piperazine rings is 1. The molecule has 0 aliphatic carbocycles. The Labute approximate surface area is 179 Å². The molecule has 2 heterocycles. The number of likely N-dealkylation sites (tertiary alicyclic amines) is 1. The summed E-state index contributed by atoms with van der Waals surface area (Å²) in [7, 11) is 3.36. The van der Waals surface area contributed by atoms with Gasteiger partial charge in [-0.15, -0.1) is 0 Å². The second-order valence-corrected chi connectivity index (χ2v) is 8.18. The number of benzene rings is 2. The fourth-order valence-electron chi connectivity index (χ4n) is 4.73. The number of methoxy groups -OCH3 is 2. The fourth-order valence-corrected chi connectivity index (χ4v) is 4.73. The van der Waals surface area contributed by atoms with Gasteiger partial charge in [0.1, 0.15) is 17.3 Å². The number of ether oxygens (including phenoxy) is 2. The zero-order valence-electron chi connectivity index (χ0n) is 18.0. The van der Waals surface area contributed by atoms with Gasteiger partial charge in [-0.2, -0.15) is 0 Å². The predicted octanol–water partition coefficient (Wildman–Crippen LogP) is 3.63. The molecule has 0 radical (unpaired) electrons. The van der Waals surface area contributed by atoms with Crippen molar-refractivity contribution in [2.75, 3.05) is 58.4 Å². The minimum atomic E-state index is -0.150. The van der Waals surface area contributed by atoms with Gasteiger partial charge >= 0.3 is 0 Å². The van der Waals surface area contributed by atoms with Crippen LogP contribution in [0.3, 0.4) is 0 Å². The molecule has 2 aliphatic rings. The van der Waals surface area contributed by atoms with Crippen molar-refractivity contribution in [1.29, 1.82) is 0 Å². The molecule has 2 aromatic rings. The molecule has 2 aromatic carbocycles. The quantitative estimate of drug-likeness (QED) is 0.721. The topological polar surface area (TPSA) is 28.2 Å². The van der Waals surface area contributed by atoms with E-state index < -0.39 is 0 Å². The number of piperidine rings is 1. The molecular formula is C24H32FN3O2. The van der Waals surface area contributed by atoms with Gasteiger partial charge in [0.05, 0.1) is 19.9 Å². The molecule has 0 amide bonds. The molecule has 2 saturated heterocycles. The Balaban J connectivity index is 1.34. The van der Waals surface area contributed by atoms with Crippen LogP contribution in [0.1, 0.15) is 18.4 Å². The van der Waals surface area contributed by atoms with Crippen LogP contribution in [0.5, 0.6) is 11.5 Å². The van der Waals surface area contributed by atoms with Crippen molar-refractivity contribution in [3.8, 4) is 11.5 Å². The number of hydrogen-bond donors (Lipinski definition) is 0. The molecule has 2 fully saturated rings. The maximum atomic E-state index is 14.3. The highest BCUT2D eigenvalue weighted by Gasteiger charge is 2.29. The Morgan fingerprint density at radius 2 is 1.77 bits per heavy atom. The molecule has 4 rings (SSSR count). The third kappa shape index (κ3) is 4.71. The summed E-state index contributed by atoms with van der Waals surface area (Å²) in [6.45, 7) is 6.75. The van der Waals surface area contributed by atoms with Crippen LogP contribution in [0.25, 0.3) is 0 Å². The van der Waals surface area contributed by atoms with E-state index in [1.807, 2.05) is 18.2 Å². The Bertz CT molecular complexity index is 839. The van der Waals surface area contributed by atoms with Crippen LogP contribution in [-0.2, 0) is 6.54 Å². The first kappa shape index (κ1) is 20.9. The van der Waals surface area contributed by atoms with Gasteiger partial charge in [-0.05, 0) is 49.7 Å². The van der Waals surface area contributed by atoms with E-state index in [-0.39, 0.29) is 5.82 Å². The standard InChI is InChI=1S/C24H32FN3O2/c1-29-21-9-10-22(25)19(16-21)17-26-11-5-6-20(18-26)27-12-14-28(15-13-27)23-7-3-4-8-24(23)30-2/h3-4,7-10,16,20H,5-6,11-15,17-18H2,1-2H3. The van der Waals surface area contributed by atoms with Gasteiger partial charge in [0.25, 0.3) is 0 Å². The smallest absolute Gasteiger partial charge is 0.142 e. The maximum Gasteiger partial charge on any atom is 0.142 e. The third-order valence-electron chi connectivity index (χ3n) is 6.38. The molecule has 162 valence electrons. The fraction of sp³-hybridized carbons (Fsp3) is 0.500. The average Bonchev–Trinajstić information content (AvgIpc) is 2.81. The molecule has 0 aromatic heterocycles. The minimum Gasteiger partial charge on any atom is -0.497 e. The molecule has 0 saturated carbocycles. The summed E-state index contributed by atoms with van der Waals surface area (Å²) in [5.41, 5.74) is 1.90. The molecule has 0 N–H and O–H groups in total. The summed E-state index contributed by atoms with van der Waals surface area (Å²) in [4.78, 5) is 7.42. The summed E-state index contributed by atoms with van der Waals surface area (Å²) in [6, 6.07) is 13.8. The van der Waals surface area contributed by atoms with Gasteiger partial charge in [-0.3, -0.25) is 9.80 Å². The van der Waals surface area contributed by atoms with E-state index in [1.165, 1.54) is 18.2 Å². The number of hydrogen-bond acceptors (Lipinski definition) is 5. The van der Waals surface area contributed by atoms with E-state index in [4.69, 9.17) is 9.47 Å². The lowest BCUT2D eigenvalue weighted by Crippen LogP contribution is -2.55. The summed E-state index contributed by atoms with van der Waals surface area (Å²) in [6.07, 6.45) is 2.37. The van der Waals surface area contributed by atoms with Crippen LogP contribution in [0.4, 0.5) is 10.1 Å². The molecule has 5 nitrogen and oxygen atoms in total. The normalized spacial score (nSPS) is 20.9. The Hall–Kier alpha value is -2.31. The van der Waals surface area contributed by atoms with Crippen molar-refractivity contribution in [3.05, 3.63) is 53.8 Å². The van der Waals surface area contributed by atoms with Gasteiger partial charge < -0.3 is 14.4 Å². The van der Waals surface area contributed by atoms with Crippen molar-refractivity contribution in [2.45, 2.75) is 25.4 Å².